The molecule has 2 aromatic carbocycles. The Kier molecular flexibility index (Phi) is 4.29. The van der Waals surface area contributed by atoms with Crippen molar-refractivity contribution in [1.82, 2.24) is 4.98 Å². The number of nitro benzene ring substituents is 1. The molecule has 0 unspecified atom stereocenters. The van der Waals surface area contributed by atoms with Crippen LogP contribution in [0.1, 0.15) is 28.5 Å². The zero-order valence-corrected chi connectivity index (χ0v) is 13.1. The molecule has 3 aromatic rings. The normalized spacial score (nSPS) is 10.7. The van der Waals surface area contributed by atoms with E-state index in [1.807, 2.05) is 18.2 Å². The van der Waals surface area contributed by atoms with Crippen LogP contribution in [0.4, 0.5) is 5.69 Å². The molecule has 0 aliphatic heterocycles. The number of benzene rings is 2. The molecule has 0 spiro atoms. The lowest BCUT2D eigenvalue weighted by atomic mass is 10.0. The molecule has 0 radical (unpaired) electrons. The van der Waals surface area contributed by atoms with E-state index in [0.717, 1.165) is 22.2 Å². The van der Waals surface area contributed by atoms with Crippen molar-refractivity contribution >= 4 is 22.6 Å². The number of nitro groups is 1. The van der Waals surface area contributed by atoms with E-state index in [1.165, 1.54) is 12.1 Å². The van der Waals surface area contributed by atoms with Gasteiger partial charge in [0.15, 0.2) is 0 Å². The summed E-state index contributed by atoms with van der Waals surface area (Å²) in [6, 6.07) is 13.8. The van der Waals surface area contributed by atoms with Crippen LogP contribution in [0, 0.1) is 10.1 Å². The van der Waals surface area contributed by atoms with Gasteiger partial charge >= 0.3 is 5.97 Å². The van der Waals surface area contributed by atoms with Gasteiger partial charge in [-0.15, -0.1) is 0 Å². The maximum atomic E-state index is 12.0. The van der Waals surface area contributed by atoms with Gasteiger partial charge in [0.05, 0.1) is 17.1 Å². The number of aromatic amines is 1. The van der Waals surface area contributed by atoms with Crippen molar-refractivity contribution < 1.29 is 14.5 Å². The molecular weight excluding hydrogens is 308 g/mol. The first-order valence-corrected chi connectivity index (χ1v) is 7.59. The zero-order valence-electron chi connectivity index (χ0n) is 13.1. The lowest BCUT2D eigenvalue weighted by Crippen LogP contribution is -2.08. The van der Waals surface area contributed by atoms with Crippen molar-refractivity contribution in [3.8, 4) is 0 Å². The molecule has 0 saturated carbocycles. The second-order valence-electron chi connectivity index (χ2n) is 5.38. The highest BCUT2D eigenvalue weighted by Gasteiger charge is 2.14. The van der Waals surface area contributed by atoms with Gasteiger partial charge in [-0.3, -0.25) is 10.1 Å². The molecule has 122 valence electrons. The SMILES string of the molecule is CCOC(=O)c1ccccc1Cc1cc2cc([N+](=O)[O-])ccc2[nH]1. The van der Waals surface area contributed by atoms with Crippen LogP contribution in [0.25, 0.3) is 10.9 Å². The first-order valence-electron chi connectivity index (χ1n) is 7.59. The first kappa shape index (κ1) is 15.7. The van der Waals surface area contributed by atoms with Crippen LogP contribution < -0.4 is 0 Å². The van der Waals surface area contributed by atoms with Gasteiger partial charge in [-0.05, 0) is 30.7 Å². The quantitative estimate of drug-likeness (QED) is 0.439. The molecule has 0 bridgehead atoms. The van der Waals surface area contributed by atoms with Gasteiger partial charge in [0.1, 0.15) is 0 Å². The molecule has 24 heavy (non-hydrogen) atoms. The van der Waals surface area contributed by atoms with E-state index in [1.54, 1.807) is 25.1 Å². The van der Waals surface area contributed by atoms with E-state index in [0.29, 0.717) is 18.6 Å². The number of hydrogen-bond acceptors (Lipinski definition) is 4. The van der Waals surface area contributed by atoms with E-state index in [4.69, 9.17) is 4.74 Å². The van der Waals surface area contributed by atoms with Crippen LogP contribution >= 0.6 is 0 Å². The van der Waals surface area contributed by atoms with Crippen LogP contribution in [0.2, 0.25) is 0 Å². The Morgan fingerprint density at radius 1 is 1.21 bits per heavy atom. The smallest absolute Gasteiger partial charge is 0.338 e. The van der Waals surface area contributed by atoms with Gasteiger partial charge in [0.2, 0.25) is 0 Å². The second-order valence-corrected chi connectivity index (χ2v) is 5.38. The topological polar surface area (TPSA) is 85.2 Å². The third-order valence-electron chi connectivity index (χ3n) is 3.76. The molecule has 0 aliphatic rings. The number of esters is 1. The fourth-order valence-electron chi connectivity index (χ4n) is 2.68. The summed E-state index contributed by atoms with van der Waals surface area (Å²) in [5.74, 6) is -0.347. The number of H-pyrrole nitrogens is 1. The van der Waals surface area contributed by atoms with Gasteiger partial charge in [0, 0.05) is 35.2 Å². The molecule has 0 saturated heterocycles. The van der Waals surface area contributed by atoms with Gasteiger partial charge in [-0.2, -0.15) is 0 Å². The number of nitrogens with zero attached hydrogens (tertiary/aromatic N) is 1. The lowest BCUT2D eigenvalue weighted by molar-refractivity contribution is -0.384. The molecule has 0 amide bonds. The predicted molar refractivity (Wildman–Crippen MR) is 90.2 cm³/mol. The first-order chi connectivity index (χ1) is 11.6. The summed E-state index contributed by atoms with van der Waals surface area (Å²) in [7, 11) is 0. The summed E-state index contributed by atoms with van der Waals surface area (Å²) in [5.41, 5.74) is 3.13. The van der Waals surface area contributed by atoms with E-state index in [2.05, 4.69) is 4.98 Å². The Labute approximate surface area is 138 Å². The largest absolute Gasteiger partial charge is 0.462 e. The molecule has 0 aliphatic carbocycles. The molecule has 6 nitrogen and oxygen atoms in total. The van der Waals surface area contributed by atoms with Crippen LogP contribution in [0.3, 0.4) is 0 Å². The Balaban J connectivity index is 1.93. The monoisotopic (exact) mass is 324 g/mol. The van der Waals surface area contributed by atoms with Gasteiger partial charge in [-0.1, -0.05) is 18.2 Å². The highest BCUT2D eigenvalue weighted by molar-refractivity contribution is 5.91. The van der Waals surface area contributed by atoms with Crippen molar-refractivity contribution in [2.45, 2.75) is 13.3 Å². The van der Waals surface area contributed by atoms with E-state index < -0.39 is 4.92 Å². The van der Waals surface area contributed by atoms with Crippen molar-refractivity contribution in [2.24, 2.45) is 0 Å². The summed E-state index contributed by atoms with van der Waals surface area (Å²) >= 11 is 0. The average Bonchev–Trinajstić information content (AvgIpc) is 2.96. The Morgan fingerprint density at radius 2 is 2.00 bits per heavy atom. The maximum Gasteiger partial charge on any atom is 0.338 e. The number of carbonyl (C=O) groups is 1. The second kappa shape index (κ2) is 6.54. The van der Waals surface area contributed by atoms with Crippen molar-refractivity contribution in [1.29, 1.82) is 0 Å². The molecule has 1 N–H and O–H groups in total. The zero-order chi connectivity index (χ0) is 17.1. The number of hydrogen-bond donors (Lipinski definition) is 1. The number of carbonyl (C=O) groups excluding carboxylic acids is 1. The van der Waals surface area contributed by atoms with Crippen LogP contribution in [-0.2, 0) is 11.2 Å². The highest BCUT2D eigenvalue weighted by atomic mass is 16.6. The number of aromatic nitrogens is 1. The minimum absolute atomic E-state index is 0.0555. The molecule has 1 aromatic heterocycles. The minimum Gasteiger partial charge on any atom is -0.462 e. The molecule has 0 atom stereocenters. The van der Waals surface area contributed by atoms with E-state index in [9.17, 15) is 14.9 Å². The Bertz CT molecular complexity index is 914. The molecular formula is C18H16N2O4. The van der Waals surface area contributed by atoms with Crippen molar-refractivity contribution in [3.05, 3.63) is 75.5 Å². The van der Waals surface area contributed by atoms with Gasteiger partial charge in [-0.25, -0.2) is 4.79 Å². The lowest BCUT2D eigenvalue weighted by Gasteiger charge is -2.07. The van der Waals surface area contributed by atoms with Crippen LogP contribution in [-0.4, -0.2) is 22.5 Å². The molecule has 3 rings (SSSR count). The number of non-ortho nitro benzene ring substituents is 1. The summed E-state index contributed by atoms with van der Waals surface area (Å²) in [6.07, 6.45) is 0.511. The molecule has 1 heterocycles. The summed E-state index contributed by atoms with van der Waals surface area (Å²) in [6.45, 7) is 2.09. The molecule has 0 fully saturated rings. The minimum atomic E-state index is -0.415. The van der Waals surface area contributed by atoms with Crippen molar-refractivity contribution in [3.63, 3.8) is 0 Å². The fourth-order valence-corrected chi connectivity index (χ4v) is 2.68. The average molecular weight is 324 g/mol. The number of nitrogens with one attached hydrogen (secondary N) is 1. The number of fused-ring (bicyclic) bond motifs is 1. The standard InChI is InChI=1S/C18H16N2O4/c1-2-24-18(21)16-6-4-3-5-12(16)9-14-10-13-11-15(20(22)23)7-8-17(13)19-14/h3-8,10-11,19H,2,9H2,1H3. The van der Waals surface area contributed by atoms with Gasteiger partial charge < -0.3 is 9.72 Å². The van der Waals surface area contributed by atoms with E-state index >= 15 is 0 Å². The van der Waals surface area contributed by atoms with Crippen LogP contribution in [0.5, 0.6) is 0 Å². The third-order valence-corrected chi connectivity index (χ3v) is 3.76. The Hall–Kier alpha value is -3.15. The number of rotatable bonds is 5. The summed E-state index contributed by atoms with van der Waals surface area (Å²) in [4.78, 5) is 25.7. The molecule has 6 heteroatoms. The maximum absolute atomic E-state index is 12.0. The highest BCUT2D eigenvalue weighted by Crippen LogP contribution is 2.23. The summed E-state index contributed by atoms with van der Waals surface area (Å²) in [5, 5.41) is 11.6. The predicted octanol–water partition coefficient (Wildman–Crippen LogP) is 3.84. The van der Waals surface area contributed by atoms with Crippen molar-refractivity contribution in [2.75, 3.05) is 6.61 Å². The van der Waals surface area contributed by atoms with Gasteiger partial charge in [0.25, 0.3) is 5.69 Å². The number of ether oxygens (including phenoxy) is 1. The summed E-state index contributed by atoms with van der Waals surface area (Å²) < 4.78 is 5.08. The van der Waals surface area contributed by atoms with E-state index in [-0.39, 0.29) is 11.7 Å². The Morgan fingerprint density at radius 3 is 2.75 bits per heavy atom. The third kappa shape index (κ3) is 3.12. The fraction of sp³-hybridized carbons (Fsp3) is 0.167. The van der Waals surface area contributed by atoms with Crippen LogP contribution in [0.15, 0.2) is 48.5 Å².